The third kappa shape index (κ3) is 3.74. The zero-order chi connectivity index (χ0) is 20.3. The van der Waals surface area contributed by atoms with E-state index in [4.69, 9.17) is 4.99 Å². The SMILES string of the molecule is Oc1[nH]c2ccccc2c1C(=Nc1ccc(CN2CCCC2)cc1)c1ccccc1. The molecule has 1 aliphatic heterocycles. The van der Waals surface area contributed by atoms with Gasteiger partial charge in [-0.25, -0.2) is 4.99 Å². The zero-order valence-corrected chi connectivity index (χ0v) is 16.9. The van der Waals surface area contributed by atoms with E-state index in [-0.39, 0.29) is 5.88 Å². The van der Waals surface area contributed by atoms with E-state index in [0.717, 1.165) is 40.0 Å². The number of aromatic hydroxyl groups is 1. The van der Waals surface area contributed by atoms with Gasteiger partial charge in [-0.2, -0.15) is 0 Å². The molecule has 1 aromatic heterocycles. The lowest BCUT2D eigenvalue weighted by Gasteiger charge is -2.14. The molecule has 1 aliphatic rings. The molecule has 1 fully saturated rings. The molecule has 0 radical (unpaired) electrons. The highest BCUT2D eigenvalue weighted by molar-refractivity contribution is 6.21. The van der Waals surface area contributed by atoms with Gasteiger partial charge >= 0.3 is 0 Å². The molecule has 5 rings (SSSR count). The molecule has 0 atom stereocenters. The van der Waals surface area contributed by atoms with Gasteiger partial charge < -0.3 is 10.1 Å². The van der Waals surface area contributed by atoms with Crippen molar-refractivity contribution in [2.75, 3.05) is 13.1 Å². The first kappa shape index (κ1) is 18.6. The minimum atomic E-state index is 0.143. The number of benzene rings is 3. The number of para-hydroxylation sites is 1. The van der Waals surface area contributed by atoms with Crippen LogP contribution in [0.5, 0.6) is 5.88 Å². The molecule has 0 aliphatic carbocycles. The summed E-state index contributed by atoms with van der Waals surface area (Å²) in [7, 11) is 0. The van der Waals surface area contributed by atoms with Crippen LogP contribution in [0, 0.1) is 0 Å². The van der Waals surface area contributed by atoms with Crippen LogP contribution in [0.2, 0.25) is 0 Å². The zero-order valence-electron chi connectivity index (χ0n) is 16.9. The number of nitrogens with one attached hydrogen (secondary N) is 1. The molecule has 4 aromatic rings. The lowest BCUT2D eigenvalue weighted by molar-refractivity contribution is 0.331. The normalized spacial score (nSPS) is 15.1. The lowest BCUT2D eigenvalue weighted by atomic mass is 10.0. The Hall–Kier alpha value is -3.37. The van der Waals surface area contributed by atoms with Crippen molar-refractivity contribution in [3.05, 3.63) is 95.6 Å². The fourth-order valence-electron chi connectivity index (χ4n) is 4.23. The van der Waals surface area contributed by atoms with Gasteiger partial charge in [0.1, 0.15) is 0 Å². The largest absolute Gasteiger partial charge is 0.494 e. The van der Waals surface area contributed by atoms with Crippen molar-refractivity contribution < 1.29 is 5.11 Å². The summed E-state index contributed by atoms with van der Waals surface area (Å²) < 4.78 is 0. The molecule has 4 nitrogen and oxygen atoms in total. The molecule has 0 unspecified atom stereocenters. The summed E-state index contributed by atoms with van der Waals surface area (Å²) in [6.45, 7) is 3.38. The van der Waals surface area contributed by atoms with Crippen molar-refractivity contribution in [2.45, 2.75) is 19.4 Å². The van der Waals surface area contributed by atoms with Crippen molar-refractivity contribution in [3.8, 4) is 5.88 Å². The molecule has 0 amide bonds. The van der Waals surface area contributed by atoms with Crippen LogP contribution >= 0.6 is 0 Å². The Bertz CT molecular complexity index is 1170. The van der Waals surface area contributed by atoms with Gasteiger partial charge in [-0.3, -0.25) is 4.90 Å². The fraction of sp³-hybridized carbons (Fsp3) is 0.192. The summed E-state index contributed by atoms with van der Waals surface area (Å²) in [6, 6.07) is 26.4. The van der Waals surface area contributed by atoms with Gasteiger partial charge in [0.05, 0.1) is 17.0 Å². The van der Waals surface area contributed by atoms with Crippen LogP contribution in [0.15, 0.2) is 83.9 Å². The van der Waals surface area contributed by atoms with Gasteiger partial charge in [0.2, 0.25) is 0 Å². The number of aliphatic imine (C=N–C) groups is 1. The van der Waals surface area contributed by atoms with E-state index in [1.807, 2.05) is 54.6 Å². The lowest BCUT2D eigenvalue weighted by Crippen LogP contribution is -2.18. The van der Waals surface area contributed by atoms with Crippen molar-refractivity contribution >= 4 is 22.3 Å². The highest BCUT2D eigenvalue weighted by Crippen LogP contribution is 2.31. The molecule has 0 spiro atoms. The summed E-state index contributed by atoms with van der Waals surface area (Å²) in [5.41, 5.74) is 5.56. The van der Waals surface area contributed by atoms with Crippen molar-refractivity contribution in [3.63, 3.8) is 0 Å². The average molecular weight is 396 g/mol. The number of H-pyrrole nitrogens is 1. The molecule has 2 N–H and O–H groups in total. The summed E-state index contributed by atoms with van der Waals surface area (Å²) in [6.07, 6.45) is 2.61. The van der Waals surface area contributed by atoms with Crippen LogP contribution in [0.1, 0.15) is 29.5 Å². The second-order valence-corrected chi connectivity index (χ2v) is 7.87. The molecular formula is C26H25N3O. The van der Waals surface area contributed by atoms with E-state index in [2.05, 4.69) is 34.1 Å². The third-order valence-corrected chi connectivity index (χ3v) is 5.75. The first-order valence-corrected chi connectivity index (χ1v) is 10.5. The Labute approximate surface area is 176 Å². The smallest absolute Gasteiger partial charge is 0.199 e. The molecule has 4 heteroatoms. The third-order valence-electron chi connectivity index (χ3n) is 5.75. The van der Waals surface area contributed by atoms with Gasteiger partial charge in [0, 0.05) is 23.0 Å². The van der Waals surface area contributed by atoms with E-state index in [1.165, 1.54) is 31.5 Å². The predicted molar refractivity (Wildman–Crippen MR) is 123 cm³/mol. The molecule has 2 heterocycles. The van der Waals surface area contributed by atoms with Gasteiger partial charge in [-0.05, 0) is 49.7 Å². The number of fused-ring (bicyclic) bond motifs is 1. The van der Waals surface area contributed by atoms with Gasteiger partial charge in [0.15, 0.2) is 5.88 Å². The Morgan fingerprint density at radius 3 is 2.33 bits per heavy atom. The van der Waals surface area contributed by atoms with Crippen LogP contribution in [-0.2, 0) is 6.54 Å². The van der Waals surface area contributed by atoms with Crippen LogP contribution in [0.25, 0.3) is 10.9 Å². The summed E-state index contributed by atoms with van der Waals surface area (Å²) in [5, 5.41) is 11.7. The van der Waals surface area contributed by atoms with Crippen LogP contribution in [0.3, 0.4) is 0 Å². The molecule has 0 saturated carbocycles. The van der Waals surface area contributed by atoms with Crippen molar-refractivity contribution in [2.24, 2.45) is 4.99 Å². The number of rotatable bonds is 5. The summed E-state index contributed by atoms with van der Waals surface area (Å²) >= 11 is 0. The summed E-state index contributed by atoms with van der Waals surface area (Å²) in [5.74, 6) is 0.143. The second kappa shape index (κ2) is 8.17. The van der Waals surface area contributed by atoms with E-state index >= 15 is 0 Å². The van der Waals surface area contributed by atoms with Gasteiger partial charge in [-0.15, -0.1) is 0 Å². The minimum Gasteiger partial charge on any atom is -0.494 e. The fourth-order valence-corrected chi connectivity index (χ4v) is 4.23. The molecular weight excluding hydrogens is 370 g/mol. The topological polar surface area (TPSA) is 51.6 Å². The van der Waals surface area contributed by atoms with Crippen LogP contribution < -0.4 is 0 Å². The Morgan fingerprint density at radius 2 is 1.57 bits per heavy atom. The van der Waals surface area contributed by atoms with Crippen LogP contribution in [-0.4, -0.2) is 33.8 Å². The maximum absolute atomic E-state index is 10.7. The molecule has 3 aromatic carbocycles. The minimum absolute atomic E-state index is 0.143. The van der Waals surface area contributed by atoms with Crippen LogP contribution in [0.4, 0.5) is 5.69 Å². The van der Waals surface area contributed by atoms with E-state index in [9.17, 15) is 5.11 Å². The highest BCUT2D eigenvalue weighted by atomic mass is 16.3. The molecule has 150 valence electrons. The Kier molecular flexibility index (Phi) is 5.08. The Balaban J connectivity index is 1.55. The molecule has 30 heavy (non-hydrogen) atoms. The summed E-state index contributed by atoms with van der Waals surface area (Å²) in [4.78, 5) is 10.6. The van der Waals surface area contributed by atoms with Gasteiger partial charge in [0.25, 0.3) is 0 Å². The Morgan fingerprint density at radius 1 is 0.867 bits per heavy atom. The van der Waals surface area contributed by atoms with E-state index in [0.29, 0.717) is 0 Å². The first-order valence-electron chi connectivity index (χ1n) is 10.5. The second-order valence-electron chi connectivity index (χ2n) is 7.87. The predicted octanol–water partition coefficient (Wildman–Crippen LogP) is 5.64. The number of nitrogens with zero attached hydrogens (tertiary/aromatic N) is 2. The molecule has 0 bridgehead atoms. The maximum Gasteiger partial charge on any atom is 0.199 e. The molecule has 1 saturated heterocycles. The number of hydrogen-bond acceptors (Lipinski definition) is 3. The monoisotopic (exact) mass is 395 g/mol. The number of hydrogen-bond donors (Lipinski definition) is 2. The number of aromatic nitrogens is 1. The first-order chi connectivity index (χ1) is 14.8. The van der Waals surface area contributed by atoms with E-state index in [1.54, 1.807) is 0 Å². The standard InChI is InChI=1S/C26H25N3O/c30-26-24(22-10-4-5-11-23(22)28-26)25(20-8-2-1-3-9-20)27-21-14-12-19(13-15-21)18-29-16-6-7-17-29/h1-5,8-15,28,30H,6-7,16-18H2. The van der Waals surface area contributed by atoms with Crippen molar-refractivity contribution in [1.29, 1.82) is 0 Å². The average Bonchev–Trinajstić information content (AvgIpc) is 3.41. The number of likely N-dealkylation sites (tertiary alicyclic amines) is 1. The van der Waals surface area contributed by atoms with Gasteiger partial charge in [-0.1, -0.05) is 60.7 Å². The van der Waals surface area contributed by atoms with Crippen molar-refractivity contribution in [1.82, 2.24) is 9.88 Å². The highest BCUT2D eigenvalue weighted by Gasteiger charge is 2.18. The quantitative estimate of drug-likeness (QED) is 0.430. The number of aromatic amines is 1. The van der Waals surface area contributed by atoms with E-state index < -0.39 is 0 Å². The maximum atomic E-state index is 10.7.